The maximum atomic E-state index is 13.9. The van der Waals surface area contributed by atoms with E-state index in [1.165, 1.54) is 11.3 Å². The summed E-state index contributed by atoms with van der Waals surface area (Å²) in [4.78, 5) is 80.6. The molecule has 0 aliphatic heterocycles. The molecule has 1 aromatic heterocycles. The van der Waals surface area contributed by atoms with Crippen molar-refractivity contribution in [2.45, 2.75) is 83.5 Å². The van der Waals surface area contributed by atoms with E-state index in [9.17, 15) is 28.8 Å². The van der Waals surface area contributed by atoms with Crippen molar-refractivity contribution in [2.24, 2.45) is 28.8 Å². The molecule has 2 fully saturated rings. The Bertz CT molecular complexity index is 3150. The fraction of sp³-hybridized carbons (Fsp3) is 0.365. The molecule has 0 atom stereocenters. The number of para-hydroxylation sites is 1. The Balaban J connectivity index is 0.802. The Morgan fingerprint density at radius 3 is 1.59 bits per heavy atom. The number of esters is 6. The summed E-state index contributed by atoms with van der Waals surface area (Å²) < 4.78 is 51.4. The first kappa shape index (κ1) is 59.7. The third-order valence-corrected chi connectivity index (χ3v) is 14.9. The standard InChI is InChI=1S/C63H67N3O15S/c1-3-57(67)76-34-10-6-5-9-33-74-49-24-28-51(29-25-49)78-59(69)42-14-16-44(17-15-42)61(71)80-53-23-22-46-40-55(48(38-47(46)39-53)41-64-66-63-65-54-12-7-8-13-56(54)82-63)81-62(72)45-20-18-43(19-21-45)60(70)79-52-30-26-50(27-31-52)75-37-36-73-32-11-35-77-58(68)4-2/h3-4,7-8,12-13,22-31,38-45H,1-2,5-6,9-11,14-21,32-37H2,(H,65,66)/b64-41+. The normalized spacial score (nSPS) is 16.8. The van der Waals surface area contributed by atoms with E-state index in [1.54, 1.807) is 79.0 Å². The highest BCUT2D eigenvalue weighted by Crippen LogP contribution is 2.36. The number of benzene rings is 5. The predicted molar refractivity (Wildman–Crippen MR) is 308 cm³/mol. The third kappa shape index (κ3) is 18.3. The molecular formula is C63H67N3O15S. The average Bonchev–Trinajstić information content (AvgIpc) is 4.08. The zero-order chi connectivity index (χ0) is 57.5. The molecule has 6 aromatic rings. The van der Waals surface area contributed by atoms with Crippen molar-refractivity contribution in [2.75, 3.05) is 45.1 Å². The number of nitrogens with one attached hydrogen (secondary N) is 1. The lowest BCUT2D eigenvalue weighted by Crippen LogP contribution is -2.30. The van der Waals surface area contributed by atoms with Crippen LogP contribution < -0.4 is 33.8 Å². The Kier molecular flexibility index (Phi) is 22.5. The number of hydrogen-bond acceptors (Lipinski definition) is 19. The predicted octanol–water partition coefficient (Wildman–Crippen LogP) is 11.7. The lowest BCUT2D eigenvalue weighted by molar-refractivity contribution is -0.145. The van der Waals surface area contributed by atoms with Gasteiger partial charge in [-0.2, -0.15) is 5.10 Å². The van der Waals surface area contributed by atoms with Gasteiger partial charge in [-0.25, -0.2) is 14.6 Å². The molecule has 2 aliphatic carbocycles. The van der Waals surface area contributed by atoms with Gasteiger partial charge in [0.2, 0.25) is 5.13 Å². The molecule has 1 N–H and O–H groups in total. The maximum absolute atomic E-state index is 13.9. The number of hydrogen-bond donors (Lipinski definition) is 1. The number of aromatic nitrogens is 1. The van der Waals surface area contributed by atoms with Gasteiger partial charge in [-0.3, -0.25) is 24.6 Å². The van der Waals surface area contributed by atoms with Gasteiger partial charge in [-0.1, -0.05) is 42.7 Å². The second-order valence-electron chi connectivity index (χ2n) is 19.8. The minimum Gasteiger partial charge on any atom is -0.494 e. The summed E-state index contributed by atoms with van der Waals surface area (Å²) in [5.41, 5.74) is 4.32. The minimum atomic E-state index is -0.469. The van der Waals surface area contributed by atoms with Crippen molar-refractivity contribution in [1.29, 1.82) is 0 Å². The van der Waals surface area contributed by atoms with Gasteiger partial charge in [0.25, 0.3) is 0 Å². The smallest absolute Gasteiger partial charge is 0.330 e. The van der Waals surface area contributed by atoms with Gasteiger partial charge in [-0.15, -0.1) is 0 Å². The Hall–Kier alpha value is -8.42. The summed E-state index contributed by atoms with van der Waals surface area (Å²) in [5, 5.41) is 6.49. The van der Waals surface area contributed by atoms with Crippen LogP contribution in [0.15, 0.2) is 134 Å². The first-order valence-corrected chi connectivity index (χ1v) is 28.5. The molecule has 0 unspecified atom stereocenters. The minimum absolute atomic E-state index is 0.249. The van der Waals surface area contributed by atoms with Gasteiger partial charge < -0.3 is 42.6 Å². The van der Waals surface area contributed by atoms with Crippen LogP contribution in [-0.4, -0.2) is 86.7 Å². The van der Waals surface area contributed by atoms with Crippen LogP contribution in [0.25, 0.3) is 21.0 Å². The Morgan fingerprint density at radius 1 is 0.512 bits per heavy atom. The van der Waals surface area contributed by atoms with E-state index in [4.69, 9.17) is 42.6 Å². The van der Waals surface area contributed by atoms with Gasteiger partial charge >= 0.3 is 35.8 Å². The quantitative estimate of drug-likeness (QED) is 0.0115. The lowest BCUT2D eigenvalue weighted by Gasteiger charge is -2.26. The highest BCUT2D eigenvalue weighted by Gasteiger charge is 2.34. The second-order valence-corrected chi connectivity index (χ2v) is 20.8. The van der Waals surface area contributed by atoms with E-state index < -0.39 is 35.7 Å². The molecule has 430 valence electrons. The van der Waals surface area contributed by atoms with Crippen LogP contribution in [-0.2, 0) is 43.0 Å². The first-order valence-electron chi connectivity index (χ1n) is 27.7. The fourth-order valence-corrected chi connectivity index (χ4v) is 10.2. The molecule has 2 aliphatic rings. The van der Waals surface area contributed by atoms with Crippen LogP contribution in [0.3, 0.4) is 0 Å². The number of hydrazone groups is 1. The van der Waals surface area contributed by atoms with Crippen molar-refractivity contribution in [3.8, 4) is 34.5 Å². The number of unbranched alkanes of at least 4 members (excludes halogenated alkanes) is 3. The molecule has 2 saturated carbocycles. The number of anilines is 1. The van der Waals surface area contributed by atoms with E-state index in [0.29, 0.717) is 136 Å². The van der Waals surface area contributed by atoms with Crippen LogP contribution in [0.4, 0.5) is 5.13 Å². The van der Waals surface area contributed by atoms with Crippen LogP contribution in [0.2, 0.25) is 0 Å². The fourth-order valence-electron chi connectivity index (χ4n) is 9.42. The van der Waals surface area contributed by atoms with Gasteiger partial charge in [0.05, 0.1) is 66.5 Å². The Labute approximate surface area is 479 Å². The molecule has 1 heterocycles. The molecule has 0 spiro atoms. The summed E-state index contributed by atoms with van der Waals surface area (Å²) in [6.07, 6.45) is 11.5. The van der Waals surface area contributed by atoms with Gasteiger partial charge in [0.1, 0.15) is 41.1 Å². The topological polar surface area (TPSA) is 223 Å². The molecule has 82 heavy (non-hydrogen) atoms. The summed E-state index contributed by atoms with van der Waals surface area (Å²) in [6, 6.07) is 30.2. The third-order valence-electron chi connectivity index (χ3n) is 14.0. The SMILES string of the molecule is C=CC(=O)OCCCCCCOc1ccc(OC(=O)C2CCC(C(=O)Oc3ccc4cc(OC(=O)C5CCC(C(=O)Oc6ccc(OCCOCCCOC(=O)C=C)cc6)CC5)c(/C=N/Nc5nc6ccccc6s5)cc4c3)CC2)cc1. The molecule has 0 amide bonds. The van der Waals surface area contributed by atoms with Crippen molar-refractivity contribution in [3.05, 3.63) is 134 Å². The van der Waals surface area contributed by atoms with Crippen molar-refractivity contribution in [3.63, 3.8) is 0 Å². The number of nitrogens with zero attached hydrogens (tertiary/aromatic N) is 2. The van der Waals surface area contributed by atoms with Crippen LogP contribution >= 0.6 is 11.3 Å². The van der Waals surface area contributed by atoms with Crippen molar-refractivity contribution in [1.82, 2.24) is 4.98 Å². The number of rotatable bonds is 29. The summed E-state index contributed by atoms with van der Waals surface area (Å²) >= 11 is 1.45. The molecule has 8 rings (SSSR count). The first-order chi connectivity index (χ1) is 40.0. The van der Waals surface area contributed by atoms with E-state index in [2.05, 4.69) is 28.7 Å². The van der Waals surface area contributed by atoms with Crippen LogP contribution in [0, 0.1) is 23.7 Å². The van der Waals surface area contributed by atoms with Gasteiger partial charge in [0.15, 0.2) is 0 Å². The highest BCUT2D eigenvalue weighted by molar-refractivity contribution is 7.22. The lowest BCUT2D eigenvalue weighted by atomic mass is 9.82. The van der Waals surface area contributed by atoms with Crippen LogP contribution in [0.1, 0.15) is 89.0 Å². The zero-order valence-corrected chi connectivity index (χ0v) is 46.4. The molecule has 0 radical (unpaired) electrons. The van der Waals surface area contributed by atoms with Crippen molar-refractivity contribution >= 4 is 79.5 Å². The monoisotopic (exact) mass is 1140 g/mol. The second kappa shape index (κ2) is 31.0. The summed E-state index contributed by atoms with van der Waals surface area (Å²) in [5.74, 6) is -1.33. The molecule has 0 bridgehead atoms. The number of fused-ring (bicyclic) bond motifs is 2. The number of ether oxygens (including phenoxy) is 9. The van der Waals surface area contributed by atoms with Gasteiger partial charge in [0, 0.05) is 30.7 Å². The maximum Gasteiger partial charge on any atom is 0.330 e. The number of carbonyl (C=O) groups is 6. The molecule has 0 saturated heterocycles. The molecule has 18 nitrogen and oxygen atoms in total. The zero-order valence-electron chi connectivity index (χ0n) is 45.6. The van der Waals surface area contributed by atoms with Gasteiger partial charge in [-0.05, 0) is 173 Å². The number of thiazole rings is 1. The molecule has 19 heteroatoms. The van der Waals surface area contributed by atoms with E-state index in [0.717, 1.165) is 53.4 Å². The molecular weight excluding hydrogens is 1070 g/mol. The van der Waals surface area contributed by atoms with Crippen molar-refractivity contribution < 1.29 is 71.4 Å². The Morgan fingerprint density at radius 2 is 1.01 bits per heavy atom. The summed E-state index contributed by atoms with van der Waals surface area (Å²) in [7, 11) is 0. The average molecular weight is 1140 g/mol. The highest BCUT2D eigenvalue weighted by atomic mass is 32.1. The van der Waals surface area contributed by atoms with E-state index in [1.807, 2.05) is 30.3 Å². The number of carbonyl (C=O) groups excluding carboxylic acids is 6. The van der Waals surface area contributed by atoms with E-state index >= 15 is 0 Å². The summed E-state index contributed by atoms with van der Waals surface area (Å²) in [6.45, 7) is 8.97. The molecule has 5 aromatic carbocycles. The van der Waals surface area contributed by atoms with E-state index in [-0.39, 0.29) is 36.2 Å². The van der Waals surface area contributed by atoms with Crippen LogP contribution in [0.5, 0.6) is 34.5 Å². The largest absolute Gasteiger partial charge is 0.494 e.